The molecule has 1 aromatic carbocycles. The summed E-state index contributed by atoms with van der Waals surface area (Å²) in [6.45, 7) is 0. The minimum absolute atomic E-state index is 0.0238. The first-order valence-corrected chi connectivity index (χ1v) is 6.81. The second-order valence-corrected chi connectivity index (χ2v) is 6.20. The fourth-order valence-electron chi connectivity index (χ4n) is 1.77. The number of halogens is 3. The van der Waals surface area contributed by atoms with Gasteiger partial charge in [0.05, 0.1) is 17.2 Å². The van der Waals surface area contributed by atoms with Crippen molar-refractivity contribution in [3.63, 3.8) is 0 Å². The lowest BCUT2D eigenvalue weighted by Crippen LogP contribution is -2.21. The lowest BCUT2D eigenvalue weighted by Gasteiger charge is -2.13. The van der Waals surface area contributed by atoms with Crippen LogP contribution in [-0.4, -0.2) is 26.0 Å². The Morgan fingerprint density at radius 1 is 1.18 bits per heavy atom. The molecular formula is C10H10F3NO2S. The topological polar surface area (TPSA) is 46.2 Å². The summed E-state index contributed by atoms with van der Waals surface area (Å²) in [4.78, 5) is 0. The number of hydrogen-bond acceptors (Lipinski definition) is 3. The predicted molar refractivity (Wildman–Crippen MR) is 57.0 cm³/mol. The van der Waals surface area contributed by atoms with Gasteiger partial charge in [0.1, 0.15) is 0 Å². The summed E-state index contributed by atoms with van der Waals surface area (Å²) < 4.78 is 61.2. The Hall–Kier alpha value is -1.24. The van der Waals surface area contributed by atoms with Crippen molar-refractivity contribution in [3.8, 4) is 0 Å². The SMILES string of the molecule is O=S1(=O)CCC(Nc2ccc(F)c(F)c2F)C1. The maximum absolute atomic E-state index is 13.3. The third kappa shape index (κ3) is 2.54. The average Bonchev–Trinajstić information content (AvgIpc) is 2.59. The highest BCUT2D eigenvalue weighted by Crippen LogP contribution is 2.23. The molecule has 94 valence electrons. The van der Waals surface area contributed by atoms with E-state index in [0.717, 1.165) is 12.1 Å². The third-order valence-corrected chi connectivity index (χ3v) is 4.40. The summed E-state index contributed by atoms with van der Waals surface area (Å²) in [6.07, 6.45) is 0.334. The van der Waals surface area contributed by atoms with E-state index in [2.05, 4.69) is 5.32 Å². The molecule has 1 aliphatic rings. The van der Waals surface area contributed by atoms with E-state index in [1.54, 1.807) is 0 Å². The molecule has 2 rings (SSSR count). The molecule has 1 unspecified atom stereocenters. The van der Waals surface area contributed by atoms with Crippen LogP contribution in [0.15, 0.2) is 12.1 Å². The Balaban J connectivity index is 2.18. The Kier molecular flexibility index (Phi) is 3.03. The standard InChI is InChI=1S/C10H10F3NO2S/c11-7-1-2-8(10(13)9(7)12)14-6-3-4-17(15,16)5-6/h1-2,6,14H,3-5H2. The van der Waals surface area contributed by atoms with E-state index in [-0.39, 0.29) is 17.2 Å². The van der Waals surface area contributed by atoms with Gasteiger partial charge in [-0.05, 0) is 18.6 Å². The number of anilines is 1. The van der Waals surface area contributed by atoms with Gasteiger partial charge >= 0.3 is 0 Å². The van der Waals surface area contributed by atoms with Gasteiger partial charge in [-0.3, -0.25) is 0 Å². The van der Waals surface area contributed by atoms with Crippen molar-refractivity contribution in [1.29, 1.82) is 0 Å². The summed E-state index contributed by atoms with van der Waals surface area (Å²) in [5, 5.41) is 2.57. The van der Waals surface area contributed by atoms with E-state index in [1.807, 2.05) is 0 Å². The highest BCUT2D eigenvalue weighted by molar-refractivity contribution is 7.91. The molecular weight excluding hydrogens is 255 g/mol. The first kappa shape index (κ1) is 12.2. The second-order valence-electron chi connectivity index (χ2n) is 3.97. The van der Waals surface area contributed by atoms with Gasteiger partial charge in [-0.25, -0.2) is 21.6 Å². The van der Waals surface area contributed by atoms with E-state index in [4.69, 9.17) is 0 Å². The minimum atomic E-state index is -3.10. The van der Waals surface area contributed by atoms with E-state index < -0.39 is 33.3 Å². The predicted octanol–water partition coefficient (Wildman–Crippen LogP) is 1.70. The van der Waals surface area contributed by atoms with Gasteiger partial charge in [0.15, 0.2) is 27.3 Å². The molecule has 1 aliphatic heterocycles. The number of nitrogens with one attached hydrogen (secondary N) is 1. The lowest BCUT2D eigenvalue weighted by atomic mass is 10.2. The van der Waals surface area contributed by atoms with Crippen LogP contribution in [0.25, 0.3) is 0 Å². The van der Waals surface area contributed by atoms with Crippen LogP contribution in [0.1, 0.15) is 6.42 Å². The van der Waals surface area contributed by atoms with Gasteiger partial charge < -0.3 is 5.32 Å². The number of hydrogen-bond donors (Lipinski definition) is 1. The summed E-state index contributed by atoms with van der Waals surface area (Å²) in [5.74, 6) is -4.25. The molecule has 1 heterocycles. The fourth-order valence-corrected chi connectivity index (χ4v) is 3.44. The van der Waals surface area contributed by atoms with Gasteiger partial charge in [-0.2, -0.15) is 0 Å². The van der Waals surface area contributed by atoms with E-state index in [9.17, 15) is 21.6 Å². The van der Waals surface area contributed by atoms with Crippen LogP contribution in [0.3, 0.4) is 0 Å². The van der Waals surface area contributed by atoms with E-state index in [1.165, 1.54) is 0 Å². The summed E-state index contributed by atoms with van der Waals surface area (Å²) >= 11 is 0. The second kappa shape index (κ2) is 4.21. The van der Waals surface area contributed by atoms with Crippen molar-refractivity contribution >= 4 is 15.5 Å². The number of benzene rings is 1. The third-order valence-electron chi connectivity index (χ3n) is 2.63. The maximum atomic E-state index is 13.3. The number of rotatable bonds is 2. The molecule has 0 amide bonds. The monoisotopic (exact) mass is 265 g/mol. The van der Waals surface area contributed by atoms with E-state index in [0.29, 0.717) is 6.42 Å². The van der Waals surface area contributed by atoms with Gasteiger partial charge in [-0.15, -0.1) is 0 Å². The fraction of sp³-hybridized carbons (Fsp3) is 0.400. The molecule has 0 saturated carbocycles. The molecule has 0 aliphatic carbocycles. The Labute approximate surface area is 96.6 Å². The molecule has 0 bridgehead atoms. The first-order chi connectivity index (χ1) is 7.89. The van der Waals surface area contributed by atoms with Crippen molar-refractivity contribution in [3.05, 3.63) is 29.6 Å². The smallest absolute Gasteiger partial charge is 0.196 e. The molecule has 7 heteroatoms. The lowest BCUT2D eigenvalue weighted by molar-refractivity contribution is 0.448. The maximum Gasteiger partial charge on any atom is 0.196 e. The molecule has 0 radical (unpaired) electrons. The summed E-state index contributed by atoms with van der Waals surface area (Å²) in [7, 11) is -3.10. The van der Waals surface area contributed by atoms with Crippen LogP contribution < -0.4 is 5.32 Å². The molecule has 1 aromatic rings. The quantitative estimate of drug-likeness (QED) is 0.828. The number of sulfone groups is 1. The van der Waals surface area contributed by atoms with Gasteiger partial charge in [0.2, 0.25) is 0 Å². The first-order valence-electron chi connectivity index (χ1n) is 4.99. The van der Waals surface area contributed by atoms with Gasteiger partial charge in [0, 0.05) is 6.04 Å². The molecule has 3 nitrogen and oxygen atoms in total. The molecule has 1 atom stereocenters. The van der Waals surface area contributed by atoms with Crippen LogP contribution in [0.5, 0.6) is 0 Å². The zero-order valence-corrected chi connectivity index (χ0v) is 9.53. The molecule has 1 N–H and O–H groups in total. The molecule has 17 heavy (non-hydrogen) atoms. The minimum Gasteiger partial charge on any atom is -0.379 e. The van der Waals surface area contributed by atoms with Crippen LogP contribution in [0.2, 0.25) is 0 Å². The van der Waals surface area contributed by atoms with Crippen LogP contribution in [0, 0.1) is 17.5 Å². The van der Waals surface area contributed by atoms with Crippen molar-refractivity contribution < 1.29 is 21.6 Å². The highest BCUT2D eigenvalue weighted by Gasteiger charge is 2.28. The summed E-state index contributed by atoms with van der Waals surface area (Å²) in [5.41, 5.74) is -0.217. The molecule has 0 aromatic heterocycles. The van der Waals surface area contributed by atoms with Crippen LogP contribution >= 0.6 is 0 Å². The molecule has 1 saturated heterocycles. The summed E-state index contributed by atoms with van der Waals surface area (Å²) in [6, 6.07) is 1.39. The average molecular weight is 265 g/mol. The zero-order chi connectivity index (χ0) is 12.6. The Morgan fingerprint density at radius 3 is 2.47 bits per heavy atom. The highest BCUT2D eigenvalue weighted by atomic mass is 32.2. The van der Waals surface area contributed by atoms with Gasteiger partial charge in [-0.1, -0.05) is 0 Å². The van der Waals surface area contributed by atoms with Crippen molar-refractivity contribution in [1.82, 2.24) is 0 Å². The van der Waals surface area contributed by atoms with Gasteiger partial charge in [0.25, 0.3) is 0 Å². The van der Waals surface area contributed by atoms with Crippen molar-refractivity contribution in [2.24, 2.45) is 0 Å². The van der Waals surface area contributed by atoms with E-state index >= 15 is 0 Å². The van der Waals surface area contributed by atoms with Crippen LogP contribution in [0.4, 0.5) is 18.9 Å². The van der Waals surface area contributed by atoms with Crippen LogP contribution in [-0.2, 0) is 9.84 Å². The van der Waals surface area contributed by atoms with Crippen molar-refractivity contribution in [2.75, 3.05) is 16.8 Å². The Bertz CT molecular complexity index is 545. The molecule has 0 spiro atoms. The van der Waals surface area contributed by atoms with Crippen molar-refractivity contribution in [2.45, 2.75) is 12.5 Å². The zero-order valence-electron chi connectivity index (χ0n) is 8.71. The largest absolute Gasteiger partial charge is 0.379 e. The Morgan fingerprint density at radius 2 is 1.88 bits per heavy atom. The normalized spacial score (nSPS) is 22.6. The molecule has 1 fully saturated rings.